The van der Waals surface area contributed by atoms with Crippen molar-refractivity contribution in [2.24, 2.45) is 0 Å². The highest BCUT2D eigenvalue weighted by Crippen LogP contribution is 2.19. The summed E-state index contributed by atoms with van der Waals surface area (Å²) in [6.07, 6.45) is 2.75. The van der Waals surface area contributed by atoms with Crippen LogP contribution < -0.4 is 0 Å². The van der Waals surface area contributed by atoms with Gasteiger partial charge in [-0.3, -0.25) is 4.90 Å². The fourth-order valence-electron chi connectivity index (χ4n) is 1.83. The number of hydrogen-bond donors (Lipinski definition) is 1. The zero-order valence-electron chi connectivity index (χ0n) is 9.73. The Morgan fingerprint density at radius 3 is 2.53 bits per heavy atom. The van der Waals surface area contributed by atoms with Crippen molar-refractivity contribution in [1.29, 1.82) is 0 Å². The Kier molecular flexibility index (Phi) is 3.79. The van der Waals surface area contributed by atoms with Crippen LogP contribution in [0.2, 0.25) is 0 Å². The van der Waals surface area contributed by atoms with E-state index in [4.69, 9.17) is 0 Å². The van der Waals surface area contributed by atoms with Gasteiger partial charge >= 0.3 is 0 Å². The predicted octanol–water partition coefficient (Wildman–Crippen LogP) is 0.266. The second kappa shape index (κ2) is 4.39. The molecule has 1 rings (SSSR count). The molecule has 1 heterocycles. The molecule has 1 unspecified atom stereocenters. The lowest BCUT2D eigenvalue weighted by Crippen LogP contribution is -2.48. The van der Waals surface area contributed by atoms with Gasteiger partial charge in [-0.2, -0.15) is 0 Å². The maximum atomic E-state index is 11.5. The molecule has 5 heteroatoms. The van der Waals surface area contributed by atoms with Crippen molar-refractivity contribution in [2.45, 2.75) is 37.5 Å². The topological polar surface area (TPSA) is 57.6 Å². The van der Waals surface area contributed by atoms with Crippen LogP contribution >= 0.6 is 0 Å². The normalized spacial score (nSPS) is 25.5. The standard InChI is InChI=1S/C10H21NO3S/c1-10(2,15(3,13)14)8-11-6-4-5-9(12)7-11/h9,12H,4-8H2,1-3H3. The van der Waals surface area contributed by atoms with Gasteiger partial charge in [-0.1, -0.05) is 0 Å². The van der Waals surface area contributed by atoms with Crippen molar-refractivity contribution in [3.05, 3.63) is 0 Å². The second-order valence-corrected chi connectivity index (χ2v) is 7.71. The molecule has 0 aromatic carbocycles. The van der Waals surface area contributed by atoms with Crippen molar-refractivity contribution in [3.63, 3.8) is 0 Å². The first kappa shape index (κ1) is 12.9. The number of aliphatic hydroxyl groups excluding tert-OH is 1. The van der Waals surface area contributed by atoms with Gasteiger partial charge in [0, 0.05) is 19.3 Å². The van der Waals surface area contributed by atoms with Gasteiger partial charge in [0.1, 0.15) is 0 Å². The quantitative estimate of drug-likeness (QED) is 0.762. The first-order valence-electron chi connectivity index (χ1n) is 5.32. The lowest BCUT2D eigenvalue weighted by atomic mass is 10.1. The monoisotopic (exact) mass is 235 g/mol. The number of sulfone groups is 1. The van der Waals surface area contributed by atoms with Crippen molar-refractivity contribution in [1.82, 2.24) is 4.90 Å². The molecular weight excluding hydrogens is 214 g/mol. The summed E-state index contributed by atoms with van der Waals surface area (Å²) >= 11 is 0. The smallest absolute Gasteiger partial charge is 0.153 e. The van der Waals surface area contributed by atoms with E-state index >= 15 is 0 Å². The summed E-state index contributed by atoms with van der Waals surface area (Å²) in [6, 6.07) is 0. The Labute approximate surface area is 92.2 Å². The third-order valence-electron chi connectivity index (χ3n) is 3.09. The molecule has 1 saturated heterocycles. The van der Waals surface area contributed by atoms with E-state index in [1.807, 2.05) is 4.90 Å². The highest BCUT2D eigenvalue weighted by atomic mass is 32.2. The van der Waals surface area contributed by atoms with E-state index in [0.717, 1.165) is 19.4 Å². The summed E-state index contributed by atoms with van der Waals surface area (Å²) in [6.45, 7) is 5.46. The lowest BCUT2D eigenvalue weighted by Gasteiger charge is -2.35. The van der Waals surface area contributed by atoms with E-state index in [-0.39, 0.29) is 6.10 Å². The molecule has 0 aromatic heterocycles. The predicted molar refractivity (Wildman–Crippen MR) is 60.6 cm³/mol. The molecule has 0 saturated carbocycles. The summed E-state index contributed by atoms with van der Waals surface area (Å²) in [4.78, 5) is 2.04. The van der Waals surface area contributed by atoms with Gasteiger partial charge in [-0.05, 0) is 33.2 Å². The maximum Gasteiger partial charge on any atom is 0.153 e. The van der Waals surface area contributed by atoms with E-state index in [9.17, 15) is 13.5 Å². The van der Waals surface area contributed by atoms with E-state index in [1.165, 1.54) is 6.26 Å². The Bertz CT molecular complexity index is 311. The Balaban J connectivity index is 2.61. The van der Waals surface area contributed by atoms with Crippen LogP contribution in [0.5, 0.6) is 0 Å². The second-order valence-electron chi connectivity index (χ2n) is 5.06. The number of β-amino-alcohol motifs (C(OH)–C–C–N with tert-alkyl or cyclic N) is 1. The summed E-state index contributed by atoms with van der Waals surface area (Å²) in [7, 11) is -3.04. The highest BCUT2D eigenvalue weighted by molar-refractivity contribution is 7.92. The number of rotatable bonds is 3. The largest absolute Gasteiger partial charge is 0.392 e. The van der Waals surface area contributed by atoms with Gasteiger partial charge in [0.05, 0.1) is 10.9 Å². The maximum absolute atomic E-state index is 11.5. The van der Waals surface area contributed by atoms with E-state index < -0.39 is 14.6 Å². The summed E-state index contributed by atoms with van der Waals surface area (Å²) in [5.74, 6) is 0. The number of likely N-dealkylation sites (tertiary alicyclic amines) is 1. The van der Waals surface area contributed by atoms with Crippen LogP contribution in [-0.2, 0) is 9.84 Å². The van der Waals surface area contributed by atoms with Crippen LogP contribution in [0.1, 0.15) is 26.7 Å². The molecule has 0 aromatic rings. The van der Waals surface area contributed by atoms with Gasteiger partial charge in [0.2, 0.25) is 0 Å². The van der Waals surface area contributed by atoms with Gasteiger partial charge in [-0.15, -0.1) is 0 Å². The molecule has 0 spiro atoms. The SMILES string of the molecule is CC(C)(CN1CCCC(O)C1)S(C)(=O)=O. The van der Waals surface area contributed by atoms with E-state index in [0.29, 0.717) is 13.1 Å². The zero-order valence-corrected chi connectivity index (χ0v) is 10.5. The molecule has 1 aliphatic heterocycles. The van der Waals surface area contributed by atoms with Gasteiger partial charge < -0.3 is 5.11 Å². The van der Waals surface area contributed by atoms with Crippen LogP contribution in [0.4, 0.5) is 0 Å². The van der Waals surface area contributed by atoms with Crippen LogP contribution in [0.25, 0.3) is 0 Å². The van der Waals surface area contributed by atoms with Crippen molar-refractivity contribution in [3.8, 4) is 0 Å². The Hall–Kier alpha value is -0.130. The fourth-order valence-corrected chi connectivity index (χ4v) is 2.25. The average Bonchev–Trinajstić information content (AvgIpc) is 2.00. The van der Waals surface area contributed by atoms with Crippen molar-refractivity contribution < 1.29 is 13.5 Å². The van der Waals surface area contributed by atoms with Crippen LogP contribution in [0.3, 0.4) is 0 Å². The van der Waals surface area contributed by atoms with Crippen molar-refractivity contribution in [2.75, 3.05) is 25.9 Å². The molecule has 15 heavy (non-hydrogen) atoms. The molecular formula is C10H21NO3S. The lowest BCUT2D eigenvalue weighted by molar-refractivity contribution is 0.0667. The Morgan fingerprint density at radius 1 is 1.47 bits per heavy atom. The highest BCUT2D eigenvalue weighted by Gasteiger charge is 2.33. The van der Waals surface area contributed by atoms with Gasteiger partial charge in [0.25, 0.3) is 0 Å². The summed E-state index contributed by atoms with van der Waals surface area (Å²) < 4.78 is 22.3. The van der Waals surface area contributed by atoms with Crippen LogP contribution in [0, 0.1) is 0 Å². The number of piperidine rings is 1. The molecule has 0 bridgehead atoms. The number of aliphatic hydroxyl groups is 1. The Morgan fingerprint density at radius 2 is 2.07 bits per heavy atom. The molecule has 1 aliphatic rings. The number of nitrogens with zero attached hydrogens (tertiary/aromatic N) is 1. The molecule has 4 nitrogen and oxygen atoms in total. The first-order chi connectivity index (χ1) is 6.72. The van der Waals surface area contributed by atoms with Crippen LogP contribution in [0.15, 0.2) is 0 Å². The van der Waals surface area contributed by atoms with Gasteiger partial charge in [0.15, 0.2) is 9.84 Å². The van der Waals surface area contributed by atoms with Crippen molar-refractivity contribution >= 4 is 9.84 Å². The fraction of sp³-hybridized carbons (Fsp3) is 1.00. The minimum atomic E-state index is -3.04. The third-order valence-corrected chi connectivity index (χ3v) is 5.23. The molecule has 1 N–H and O–H groups in total. The zero-order chi connectivity index (χ0) is 11.7. The molecule has 0 amide bonds. The minimum absolute atomic E-state index is 0.297. The first-order valence-corrected chi connectivity index (χ1v) is 7.21. The third kappa shape index (κ3) is 3.43. The number of hydrogen-bond acceptors (Lipinski definition) is 4. The molecule has 1 atom stereocenters. The minimum Gasteiger partial charge on any atom is -0.392 e. The summed E-state index contributed by atoms with van der Waals surface area (Å²) in [5, 5.41) is 9.49. The molecule has 1 fully saturated rings. The summed E-state index contributed by atoms with van der Waals surface area (Å²) in [5.41, 5.74) is 0. The molecule has 90 valence electrons. The average molecular weight is 235 g/mol. The molecule has 0 radical (unpaired) electrons. The van der Waals surface area contributed by atoms with E-state index in [2.05, 4.69) is 0 Å². The molecule has 0 aliphatic carbocycles. The van der Waals surface area contributed by atoms with E-state index in [1.54, 1.807) is 13.8 Å². The van der Waals surface area contributed by atoms with Gasteiger partial charge in [-0.25, -0.2) is 8.42 Å². The van der Waals surface area contributed by atoms with Crippen LogP contribution in [-0.4, -0.2) is 55.2 Å².